The highest BCUT2D eigenvalue weighted by atomic mass is 16.5. The second kappa shape index (κ2) is 8.16. The Hall–Kier alpha value is -4.38. The minimum Gasteiger partial charge on any atom is -0.455 e. The van der Waals surface area contributed by atoms with Crippen molar-refractivity contribution in [2.24, 2.45) is 0 Å². The molecular weight excluding hydrogens is 386 g/mol. The van der Waals surface area contributed by atoms with E-state index in [4.69, 9.17) is 4.74 Å². The van der Waals surface area contributed by atoms with E-state index in [9.17, 15) is 4.79 Å². The zero-order chi connectivity index (χ0) is 21.0. The van der Waals surface area contributed by atoms with Gasteiger partial charge in [-0.2, -0.15) is 0 Å². The number of amides is 1. The lowest BCUT2D eigenvalue weighted by Crippen LogP contribution is -2.12. The smallest absolute Gasteiger partial charge is 0.255 e. The van der Waals surface area contributed by atoms with Gasteiger partial charge in [-0.1, -0.05) is 60.7 Å². The summed E-state index contributed by atoms with van der Waals surface area (Å²) >= 11 is 0. The highest BCUT2D eigenvalue weighted by Crippen LogP contribution is 2.29. The van der Waals surface area contributed by atoms with E-state index in [2.05, 4.69) is 10.3 Å². The van der Waals surface area contributed by atoms with Crippen molar-refractivity contribution in [2.45, 2.75) is 0 Å². The molecule has 5 nitrogen and oxygen atoms in total. The summed E-state index contributed by atoms with van der Waals surface area (Å²) in [5.41, 5.74) is 3.72. The summed E-state index contributed by atoms with van der Waals surface area (Å²) in [5.74, 6) is 1.06. The second-order valence-electron chi connectivity index (χ2n) is 7.04. The number of aromatic nitrogens is 2. The number of nitrogens with zero attached hydrogens (tertiary/aromatic N) is 2. The van der Waals surface area contributed by atoms with E-state index in [1.165, 1.54) is 0 Å². The molecule has 5 heteroatoms. The van der Waals surface area contributed by atoms with Crippen LogP contribution in [-0.4, -0.2) is 15.3 Å². The van der Waals surface area contributed by atoms with Gasteiger partial charge in [0.25, 0.3) is 5.91 Å². The van der Waals surface area contributed by atoms with Crippen LogP contribution in [0.2, 0.25) is 0 Å². The number of anilines is 1. The van der Waals surface area contributed by atoms with E-state index in [-0.39, 0.29) is 5.91 Å². The molecule has 0 saturated carbocycles. The Morgan fingerprint density at radius 2 is 1.55 bits per heavy atom. The Kier molecular flexibility index (Phi) is 4.91. The first kappa shape index (κ1) is 18.6. The molecule has 1 amide bonds. The van der Waals surface area contributed by atoms with Gasteiger partial charge < -0.3 is 14.5 Å². The van der Waals surface area contributed by atoms with Crippen LogP contribution in [0.25, 0.3) is 16.9 Å². The third-order valence-electron chi connectivity index (χ3n) is 4.90. The van der Waals surface area contributed by atoms with E-state index in [0.717, 1.165) is 11.3 Å². The average molecular weight is 405 g/mol. The number of carbonyl (C=O) groups excluding carboxylic acids is 1. The summed E-state index contributed by atoms with van der Waals surface area (Å²) in [4.78, 5) is 17.6. The molecule has 5 rings (SSSR count). The van der Waals surface area contributed by atoms with Gasteiger partial charge in [-0.3, -0.25) is 4.79 Å². The van der Waals surface area contributed by atoms with E-state index < -0.39 is 0 Å². The molecule has 0 fully saturated rings. The standard InChI is InChI=1S/C26H19N3O2/c30-26(28-22-13-7-8-14-24(22)31-21-11-5-2-6-12-21)20-15-16-29-18-23(27-25(29)17-20)19-9-3-1-4-10-19/h1-18H,(H,28,30). The molecule has 0 saturated heterocycles. The molecule has 2 aromatic heterocycles. The van der Waals surface area contributed by atoms with Gasteiger partial charge in [0.2, 0.25) is 0 Å². The van der Waals surface area contributed by atoms with Crippen molar-refractivity contribution in [1.82, 2.24) is 9.38 Å². The molecular formula is C26H19N3O2. The minimum absolute atomic E-state index is 0.226. The molecule has 3 aromatic carbocycles. The molecule has 0 radical (unpaired) electrons. The fourth-order valence-corrected chi connectivity index (χ4v) is 3.34. The molecule has 1 N–H and O–H groups in total. The first-order chi connectivity index (χ1) is 15.3. The van der Waals surface area contributed by atoms with Crippen LogP contribution in [0.1, 0.15) is 10.4 Å². The number of hydrogen-bond donors (Lipinski definition) is 1. The number of fused-ring (bicyclic) bond motifs is 1. The van der Waals surface area contributed by atoms with Gasteiger partial charge in [0.15, 0.2) is 5.75 Å². The molecule has 0 aliphatic heterocycles. The third kappa shape index (κ3) is 4.02. The normalized spacial score (nSPS) is 10.7. The lowest BCUT2D eigenvalue weighted by molar-refractivity contribution is 0.102. The Bertz CT molecular complexity index is 1350. The number of ether oxygens (including phenoxy) is 1. The Morgan fingerprint density at radius 1 is 0.839 bits per heavy atom. The second-order valence-corrected chi connectivity index (χ2v) is 7.04. The van der Waals surface area contributed by atoms with Crippen molar-refractivity contribution in [2.75, 3.05) is 5.32 Å². The van der Waals surface area contributed by atoms with Crippen LogP contribution in [0.4, 0.5) is 5.69 Å². The molecule has 0 aliphatic rings. The van der Waals surface area contributed by atoms with Crippen molar-refractivity contribution < 1.29 is 9.53 Å². The van der Waals surface area contributed by atoms with Crippen LogP contribution in [0.15, 0.2) is 109 Å². The Labute approximate surface area is 179 Å². The van der Waals surface area contributed by atoms with Gasteiger partial charge in [-0.15, -0.1) is 0 Å². The molecule has 2 heterocycles. The molecule has 0 atom stereocenters. The average Bonchev–Trinajstić information content (AvgIpc) is 3.25. The monoisotopic (exact) mass is 405 g/mol. The number of benzene rings is 3. The maximum absolute atomic E-state index is 12.9. The zero-order valence-electron chi connectivity index (χ0n) is 16.6. The Balaban J connectivity index is 1.40. The van der Waals surface area contributed by atoms with Crippen LogP contribution in [-0.2, 0) is 0 Å². The summed E-state index contributed by atoms with van der Waals surface area (Å²) in [5, 5.41) is 2.95. The van der Waals surface area contributed by atoms with Gasteiger partial charge in [-0.05, 0) is 36.4 Å². The summed E-state index contributed by atoms with van der Waals surface area (Å²) in [6.45, 7) is 0. The lowest BCUT2D eigenvalue weighted by Gasteiger charge is -2.12. The number of imidazole rings is 1. The van der Waals surface area contributed by atoms with Crippen LogP contribution in [0.5, 0.6) is 11.5 Å². The van der Waals surface area contributed by atoms with Crippen molar-refractivity contribution in [1.29, 1.82) is 0 Å². The first-order valence-corrected chi connectivity index (χ1v) is 9.94. The maximum Gasteiger partial charge on any atom is 0.255 e. The number of nitrogens with one attached hydrogen (secondary N) is 1. The van der Waals surface area contributed by atoms with Crippen LogP contribution >= 0.6 is 0 Å². The van der Waals surface area contributed by atoms with Gasteiger partial charge in [-0.25, -0.2) is 4.98 Å². The largest absolute Gasteiger partial charge is 0.455 e. The summed E-state index contributed by atoms with van der Waals surface area (Å²) < 4.78 is 7.85. The fourth-order valence-electron chi connectivity index (χ4n) is 3.34. The first-order valence-electron chi connectivity index (χ1n) is 9.94. The van der Waals surface area contributed by atoms with Gasteiger partial charge in [0.1, 0.15) is 11.4 Å². The van der Waals surface area contributed by atoms with E-state index in [1.807, 2.05) is 102 Å². The highest BCUT2D eigenvalue weighted by molar-refractivity contribution is 6.05. The third-order valence-corrected chi connectivity index (χ3v) is 4.90. The van der Waals surface area contributed by atoms with Gasteiger partial charge >= 0.3 is 0 Å². The molecule has 31 heavy (non-hydrogen) atoms. The SMILES string of the molecule is O=C(Nc1ccccc1Oc1ccccc1)c1ccn2cc(-c3ccccc3)nc2c1. The zero-order valence-corrected chi connectivity index (χ0v) is 16.6. The van der Waals surface area contributed by atoms with Crippen LogP contribution < -0.4 is 10.1 Å². The van der Waals surface area contributed by atoms with Gasteiger partial charge in [0.05, 0.1) is 11.4 Å². The minimum atomic E-state index is -0.226. The van der Waals surface area contributed by atoms with Crippen molar-refractivity contribution in [3.63, 3.8) is 0 Å². The number of para-hydroxylation sites is 3. The predicted octanol–water partition coefficient (Wildman–Crippen LogP) is 6.05. The molecule has 0 unspecified atom stereocenters. The van der Waals surface area contributed by atoms with Crippen molar-refractivity contribution in [3.05, 3.63) is 115 Å². The van der Waals surface area contributed by atoms with E-state index >= 15 is 0 Å². The summed E-state index contributed by atoms with van der Waals surface area (Å²) in [7, 11) is 0. The molecule has 5 aromatic rings. The van der Waals surface area contributed by atoms with Gasteiger partial charge in [0, 0.05) is 23.5 Å². The number of pyridine rings is 1. The summed E-state index contributed by atoms with van der Waals surface area (Å²) in [6.07, 6.45) is 3.80. The number of hydrogen-bond acceptors (Lipinski definition) is 3. The number of carbonyl (C=O) groups is 1. The lowest BCUT2D eigenvalue weighted by atomic mass is 10.2. The molecule has 150 valence electrons. The topological polar surface area (TPSA) is 55.6 Å². The Morgan fingerprint density at radius 3 is 2.35 bits per heavy atom. The quantitative estimate of drug-likeness (QED) is 0.387. The molecule has 0 spiro atoms. The highest BCUT2D eigenvalue weighted by Gasteiger charge is 2.12. The van der Waals surface area contributed by atoms with Crippen molar-refractivity contribution in [3.8, 4) is 22.8 Å². The van der Waals surface area contributed by atoms with Crippen LogP contribution in [0.3, 0.4) is 0 Å². The molecule has 0 aliphatic carbocycles. The predicted molar refractivity (Wildman–Crippen MR) is 122 cm³/mol. The van der Waals surface area contributed by atoms with E-state index in [0.29, 0.717) is 28.4 Å². The van der Waals surface area contributed by atoms with Crippen LogP contribution in [0, 0.1) is 0 Å². The summed E-state index contributed by atoms with van der Waals surface area (Å²) in [6, 6.07) is 30.4. The maximum atomic E-state index is 12.9. The van der Waals surface area contributed by atoms with Crippen molar-refractivity contribution >= 4 is 17.2 Å². The van der Waals surface area contributed by atoms with E-state index in [1.54, 1.807) is 12.1 Å². The number of rotatable bonds is 5. The fraction of sp³-hybridized carbons (Fsp3) is 0. The molecule has 0 bridgehead atoms.